The fourth-order valence-corrected chi connectivity index (χ4v) is 3.51. The highest BCUT2D eigenvalue weighted by molar-refractivity contribution is 5.87. The average Bonchev–Trinajstić information content (AvgIpc) is 2.67. The molecule has 28 heavy (non-hydrogen) atoms. The van der Waals surface area contributed by atoms with Gasteiger partial charge >= 0.3 is 0 Å². The number of hydrogen-bond donors (Lipinski definition) is 1. The van der Waals surface area contributed by atoms with Crippen molar-refractivity contribution in [1.82, 2.24) is 10.2 Å². The van der Waals surface area contributed by atoms with Gasteiger partial charge in [-0.2, -0.15) is 0 Å². The summed E-state index contributed by atoms with van der Waals surface area (Å²) in [5.74, 6) is 0.0350. The molecular formula is C24H29N3O. The first kappa shape index (κ1) is 19.9. The zero-order valence-corrected chi connectivity index (χ0v) is 17.1. The Labute approximate surface area is 167 Å². The van der Waals surface area contributed by atoms with E-state index in [-0.39, 0.29) is 11.9 Å². The lowest BCUT2D eigenvalue weighted by Gasteiger charge is -2.20. The molecule has 0 aliphatic carbocycles. The predicted molar refractivity (Wildman–Crippen MR) is 118 cm³/mol. The molecule has 0 aromatic heterocycles. The van der Waals surface area contributed by atoms with Gasteiger partial charge in [0, 0.05) is 26.3 Å². The maximum Gasteiger partial charge on any atom is 0.234 e. The van der Waals surface area contributed by atoms with E-state index in [2.05, 4.69) is 58.7 Å². The number of rotatable bonds is 7. The van der Waals surface area contributed by atoms with Gasteiger partial charge in [0.15, 0.2) is 0 Å². The molecule has 0 saturated carbocycles. The molecule has 1 N–H and O–H groups in total. The van der Waals surface area contributed by atoms with Crippen LogP contribution in [0.2, 0.25) is 0 Å². The van der Waals surface area contributed by atoms with E-state index in [4.69, 9.17) is 0 Å². The van der Waals surface area contributed by atoms with Crippen molar-refractivity contribution >= 4 is 22.4 Å². The van der Waals surface area contributed by atoms with Crippen LogP contribution in [0.4, 0.5) is 5.69 Å². The van der Waals surface area contributed by atoms with Gasteiger partial charge in [-0.25, -0.2) is 0 Å². The third kappa shape index (κ3) is 4.90. The molecule has 0 aliphatic rings. The van der Waals surface area contributed by atoms with Crippen LogP contribution in [-0.4, -0.2) is 38.5 Å². The van der Waals surface area contributed by atoms with E-state index in [1.165, 1.54) is 22.0 Å². The lowest BCUT2D eigenvalue weighted by molar-refractivity contribution is -0.122. The minimum atomic E-state index is -0.0358. The van der Waals surface area contributed by atoms with Gasteiger partial charge in [-0.1, -0.05) is 54.6 Å². The highest BCUT2D eigenvalue weighted by Crippen LogP contribution is 2.24. The van der Waals surface area contributed by atoms with Crippen molar-refractivity contribution in [1.29, 1.82) is 0 Å². The fourth-order valence-electron chi connectivity index (χ4n) is 3.51. The molecule has 0 fully saturated rings. The van der Waals surface area contributed by atoms with Crippen molar-refractivity contribution in [3.05, 3.63) is 77.9 Å². The summed E-state index contributed by atoms with van der Waals surface area (Å²) >= 11 is 0. The second kappa shape index (κ2) is 8.89. The molecule has 3 aromatic rings. The summed E-state index contributed by atoms with van der Waals surface area (Å²) in [6, 6.07) is 22.9. The molecule has 3 aromatic carbocycles. The summed E-state index contributed by atoms with van der Waals surface area (Å²) in [5, 5.41) is 5.52. The third-order valence-electron chi connectivity index (χ3n) is 4.99. The zero-order valence-electron chi connectivity index (χ0n) is 17.1. The highest BCUT2D eigenvalue weighted by Gasteiger charge is 2.14. The average molecular weight is 376 g/mol. The molecule has 0 unspecified atom stereocenters. The van der Waals surface area contributed by atoms with Crippen LogP contribution >= 0.6 is 0 Å². The van der Waals surface area contributed by atoms with Crippen molar-refractivity contribution in [2.24, 2.45) is 0 Å². The standard InChI is InChI=1S/C24H29N3O/c1-18(22-11-7-9-20-8-5-6-10-23(20)22)25-24(28)17-27(4)16-19-12-14-21(15-13-19)26(2)3/h5-15,18H,16-17H2,1-4H3,(H,25,28)/t18-/m1/s1. The van der Waals surface area contributed by atoms with Crippen LogP contribution < -0.4 is 10.2 Å². The van der Waals surface area contributed by atoms with E-state index in [1.54, 1.807) is 0 Å². The molecule has 1 atom stereocenters. The summed E-state index contributed by atoms with van der Waals surface area (Å²) in [6.45, 7) is 3.15. The van der Waals surface area contributed by atoms with E-state index in [1.807, 2.05) is 51.2 Å². The van der Waals surface area contributed by atoms with E-state index in [0.717, 1.165) is 12.1 Å². The number of carbonyl (C=O) groups excluding carboxylic acids is 1. The molecule has 0 spiro atoms. The first-order valence-corrected chi connectivity index (χ1v) is 9.66. The lowest BCUT2D eigenvalue weighted by atomic mass is 10.00. The maximum atomic E-state index is 12.5. The molecule has 0 heterocycles. The lowest BCUT2D eigenvalue weighted by Crippen LogP contribution is -2.36. The molecule has 3 rings (SSSR count). The molecule has 0 bridgehead atoms. The van der Waals surface area contributed by atoms with Crippen LogP contribution in [-0.2, 0) is 11.3 Å². The summed E-state index contributed by atoms with van der Waals surface area (Å²) in [4.78, 5) is 16.7. The largest absolute Gasteiger partial charge is 0.378 e. The Morgan fingerprint density at radius 3 is 2.32 bits per heavy atom. The summed E-state index contributed by atoms with van der Waals surface area (Å²) in [5.41, 5.74) is 3.52. The van der Waals surface area contributed by atoms with E-state index >= 15 is 0 Å². The smallest absolute Gasteiger partial charge is 0.234 e. The Hall–Kier alpha value is -2.85. The Bertz CT molecular complexity index is 929. The minimum absolute atomic E-state index is 0.0350. The van der Waals surface area contributed by atoms with Crippen molar-refractivity contribution < 1.29 is 4.79 Å². The Kier molecular flexibility index (Phi) is 6.32. The van der Waals surface area contributed by atoms with Crippen LogP contribution in [0.3, 0.4) is 0 Å². The van der Waals surface area contributed by atoms with Crippen LogP contribution in [0.1, 0.15) is 24.1 Å². The molecular weight excluding hydrogens is 346 g/mol. The number of benzene rings is 3. The Morgan fingerprint density at radius 1 is 0.929 bits per heavy atom. The predicted octanol–water partition coefficient (Wildman–Crippen LogP) is 4.22. The number of nitrogens with zero attached hydrogens (tertiary/aromatic N) is 2. The van der Waals surface area contributed by atoms with Gasteiger partial charge in [0.05, 0.1) is 12.6 Å². The number of carbonyl (C=O) groups is 1. The van der Waals surface area contributed by atoms with E-state index < -0.39 is 0 Å². The van der Waals surface area contributed by atoms with Crippen LogP contribution in [0.25, 0.3) is 10.8 Å². The van der Waals surface area contributed by atoms with Gasteiger partial charge in [-0.05, 0) is 48.0 Å². The molecule has 1 amide bonds. The van der Waals surface area contributed by atoms with Gasteiger partial charge in [0.2, 0.25) is 5.91 Å². The number of hydrogen-bond acceptors (Lipinski definition) is 3. The monoisotopic (exact) mass is 375 g/mol. The Morgan fingerprint density at radius 2 is 1.61 bits per heavy atom. The number of likely N-dealkylation sites (N-methyl/N-ethyl adjacent to an activating group) is 1. The highest BCUT2D eigenvalue weighted by atomic mass is 16.2. The second-order valence-corrected chi connectivity index (χ2v) is 7.59. The van der Waals surface area contributed by atoms with Gasteiger partial charge < -0.3 is 10.2 Å². The number of anilines is 1. The first-order valence-electron chi connectivity index (χ1n) is 9.66. The molecule has 4 heteroatoms. The van der Waals surface area contributed by atoms with Gasteiger partial charge in [0.25, 0.3) is 0 Å². The quantitative estimate of drug-likeness (QED) is 0.672. The molecule has 0 aliphatic heterocycles. The summed E-state index contributed by atoms with van der Waals surface area (Å²) in [7, 11) is 6.03. The molecule has 0 saturated heterocycles. The van der Waals surface area contributed by atoms with Crippen LogP contribution in [0.15, 0.2) is 66.7 Å². The molecule has 0 radical (unpaired) electrons. The van der Waals surface area contributed by atoms with Crippen LogP contribution in [0, 0.1) is 0 Å². The number of fused-ring (bicyclic) bond motifs is 1. The zero-order chi connectivity index (χ0) is 20.1. The second-order valence-electron chi connectivity index (χ2n) is 7.59. The minimum Gasteiger partial charge on any atom is -0.378 e. The van der Waals surface area contributed by atoms with E-state index in [9.17, 15) is 4.79 Å². The van der Waals surface area contributed by atoms with Crippen LogP contribution in [0.5, 0.6) is 0 Å². The summed E-state index contributed by atoms with van der Waals surface area (Å²) < 4.78 is 0. The van der Waals surface area contributed by atoms with Gasteiger partial charge in [0.1, 0.15) is 0 Å². The normalized spacial score (nSPS) is 12.2. The molecule has 146 valence electrons. The topological polar surface area (TPSA) is 35.6 Å². The van der Waals surface area contributed by atoms with Crippen molar-refractivity contribution in [2.45, 2.75) is 19.5 Å². The van der Waals surface area contributed by atoms with Crippen molar-refractivity contribution in [3.63, 3.8) is 0 Å². The number of nitrogens with one attached hydrogen (secondary N) is 1. The molecule has 4 nitrogen and oxygen atoms in total. The number of amides is 1. The summed E-state index contributed by atoms with van der Waals surface area (Å²) in [6.07, 6.45) is 0. The van der Waals surface area contributed by atoms with Crippen molar-refractivity contribution in [2.75, 3.05) is 32.6 Å². The van der Waals surface area contributed by atoms with Gasteiger partial charge in [-0.15, -0.1) is 0 Å². The van der Waals surface area contributed by atoms with E-state index in [0.29, 0.717) is 6.54 Å². The first-order chi connectivity index (χ1) is 13.4. The SMILES string of the molecule is C[C@@H](NC(=O)CN(C)Cc1ccc(N(C)C)cc1)c1cccc2ccccc12. The van der Waals surface area contributed by atoms with Crippen molar-refractivity contribution in [3.8, 4) is 0 Å². The maximum absolute atomic E-state index is 12.5. The third-order valence-corrected chi connectivity index (χ3v) is 4.99. The Balaban J connectivity index is 1.58. The fraction of sp³-hybridized carbons (Fsp3) is 0.292. The van der Waals surface area contributed by atoms with Gasteiger partial charge in [-0.3, -0.25) is 9.69 Å².